The number of benzene rings is 1. The number of anilines is 1. The minimum atomic E-state index is -0.736. The van der Waals surface area contributed by atoms with Crippen LogP contribution in [0, 0.1) is 24.0 Å². The average Bonchev–Trinajstić information content (AvgIpc) is 2.94. The van der Waals surface area contributed by atoms with E-state index >= 15 is 0 Å². The molecule has 7 nitrogen and oxygen atoms in total. The third-order valence-electron chi connectivity index (χ3n) is 7.23. The number of nitrogens with one attached hydrogen (secondary N) is 1. The van der Waals surface area contributed by atoms with Gasteiger partial charge in [-0.15, -0.1) is 12.3 Å². The maximum atomic E-state index is 14.3. The fourth-order valence-electron chi connectivity index (χ4n) is 5.03. The number of carbonyl (C=O) groups is 1. The van der Waals surface area contributed by atoms with Gasteiger partial charge in [-0.3, -0.25) is 4.79 Å². The van der Waals surface area contributed by atoms with E-state index in [1.807, 2.05) is 13.0 Å². The Morgan fingerprint density at radius 2 is 1.90 bits per heavy atom. The van der Waals surface area contributed by atoms with Crippen LogP contribution in [0.2, 0.25) is 0 Å². The van der Waals surface area contributed by atoms with Crippen molar-refractivity contribution in [3.05, 3.63) is 88.9 Å². The monoisotopic (exact) mass is 533 g/mol. The van der Waals surface area contributed by atoms with Crippen molar-refractivity contribution < 1.29 is 18.3 Å². The Hall–Kier alpha value is -4.19. The molecule has 1 aliphatic carbocycles. The molecule has 1 amide bonds. The molecule has 0 spiro atoms. The molecule has 2 aliphatic rings. The van der Waals surface area contributed by atoms with Crippen LogP contribution in [0.5, 0.6) is 0 Å². The Bertz CT molecular complexity index is 1320. The van der Waals surface area contributed by atoms with Gasteiger partial charge < -0.3 is 20.7 Å². The molecule has 0 saturated carbocycles. The fraction of sp³-hybridized carbons (Fsp3) is 0.367. The molecule has 39 heavy (non-hydrogen) atoms. The largest absolute Gasteiger partial charge is 0.442 e. The molecule has 9 heteroatoms. The molecule has 1 aromatic heterocycles. The van der Waals surface area contributed by atoms with Gasteiger partial charge in [-0.2, -0.15) is 0 Å². The van der Waals surface area contributed by atoms with Gasteiger partial charge >= 0.3 is 0 Å². The Morgan fingerprint density at radius 1 is 1.18 bits per heavy atom. The Kier molecular flexibility index (Phi) is 8.97. The molecule has 1 aliphatic heterocycles. The number of hydrogen-bond acceptors (Lipinski definition) is 6. The summed E-state index contributed by atoms with van der Waals surface area (Å²) in [4.78, 5) is 23.0. The van der Waals surface area contributed by atoms with Crippen LogP contribution < -0.4 is 11.1 Å². The lowest BCUT2D eigenvalue weighted by molar-refractivity contribution is 0.0887. The smallest absolute Gasteiger partial charge is 0.273 e. The van der Waals surface area contributed by atoms with Crippen molar-refractivity contribution in [2.75, 3.05) is 25.4 Å². The highest BCUT2D eigenvalue weighted by atomic mass is 19.1. The number of aromatic nitrogens is 2. The van der Waals surface area contributed by atoms with E-state index in [4.69, 9.17) is 16.9 Å². The van der Waals surface area contributed by atoms with Crippen molar-refractivity contribution in [2.45, 2.75) is 50.9 Å². The van der Waals surface area contributed by atoms with E-state index < -0.39 is 23.0 Å². The van der Waals surface area contributed by atoms with Crippen molar-refractivity contribution >= 4 is 11.7 Å². The lowest BCUT2D eigenvalue weighted by Crippen LogP contribution is -2.49. The SMILES string of the molecule is C#CC/C(CC)=C(\OC1=CCCC=C1)N1CCC(CNC(=O)c2nccnc2N)(c2cc(F)cc(F)c2)CC1. The summed E-state index contributed by atoms with van der Waals surface area (Å²) in [6.07, 6.45) is 18.6. The number of allylic oxidation sites excluding steroid dienone is 4. The molecule has 3 N–H and O–H groups in total. The number of amides is 1. The quantitative estimate of drug-likeness (QED) is 0.348. The molecular formula is C30H33F2N5O2. The van der Waals surface area contributed by atoms with Crippen molar-refractivity contribution in [1.82, 2.24) is 20.2 Å². The normalized spacial score (nSPS) is 17.1. The van der Waals surface area contributed by atoms with E-state index in [9.17, 15) is 13.6 Å². The van der Waals surface area contributed by atoms with E-state index in [1.54, 1.807) is 0 Å². The van der Waals surface area contributed by atoms with Crippen LogP contribution in [0.25, 0.3) is 0 Å². The topological polar surface area (TPSA) is 93.4 Å². The van der Waals surface area contributed by atoms with Crippen LogP contribution in [0.1, 0.15) is 61.5 Å². The number of hydrogen-bond donors (Lipinski definition) is 2. The maximum absolute atomic E-state index is 14.3. The van der Waals surface area contributed by atoms with Crippen molar-refractivity contribution in [1.29, 1.82) is 0 Å². The van der Waals surface area contributed by atoms with E-state index in [2.05, 4.69) is 38.3 Å². The van der Waals surface area contributed by atoms with Crippen molar-refractivity contribution in [3.63, 3.8) is 0 Å². The van der Waals surface area contributed by atoms with Crippen LogP contribution in [0.15, 0.2) is 66.0 Å². The third kappa shape index (κ3) is 6.63. The molecule has 0 atom stereocenters. The number of rotatable bonds is 9. The fourth-order valence-corrected chi connectivity index (χ4v) is 5.03. The van der Waals surface area contributed by atoms with Crippen LogP contribution in [-0.2, 0) is 10.2 Å². The number of nitrogens with two attached hydrogens (primary N) is 1. The second kappa shape index (κ2) is 12.6. The standard InChI is InChI=1S/C30H33F2N5O2/c1-3-8-21(4-2)29(39-25-9-6-5-7-10-25)37-15-11-30(12-16-37,22-17-23(31)19-24(32)18-22)20-36-28(38)26-27(33)35-14-13-34-26/h1,6,9-10,13-14,17-19H,4-5,7-8,11-12,15-16,20H2,2H3,(H2,33,35)(H,36,38)/b29-21-. The van der Waals surface area contributed by atoms with Gasteiger partial charge in [0.25, 0.3) is 5.91 Å². The van der Waals surface area contributed by atoms with Crippen LogP contribution in [-0.4, -0.2) is 40.4 Å². The summed E-state index contributed by atoms with van der Waals surface area (Å²) in [5, 5.41) is 2.88. The van der Waals surface area contributed by atoms with Crippen LogP contribution >= 0.6 is 0 Å². The summed E-state index contributed by atoms with van der Waals surface area (Å²) >= 11 is 0. The summed E-state index contributed by atoms with van der Waals surface area (Å²) in [5.74, 6) is 2.40. The summed E-state index contributed by atoms with van der Waals surface area (Å²) in [6.45, 7) is 3.24. The molecule has 2 aromatic rings. The minimum Gasteiger partial charge on any atom is -0.442 e. The van der Waals surface area contributed by atoms with Gasteiger partial charge in [0, 0.05) is 55.5 Å². The molecule has 0 unspecified atom stereocenters. The van der Waals surface area contributed by atoms with E-state index in [1.165, 1.54) is 24.5 Å². The molecule has 0 bridgehead atoms. The number of terminal acetylenes is 1. The summed E-state index contributed by atoms with van der Waals surface area (Å²) in [7, 11) is 0. The first kappa shape index (κ1) is 27.8. The lowest BCUT2D eigenvalue weighted by Gasteiger charge is -2.44. The predicted molar refractivity (Wildman–Crippen MR) is 146 cm³/mol. The van der Waals surface area contributed by atoms with Gasteiger partial charge in [0.1, 0.15) is 17.4 Å². The van der Waals surface area contributed by atoms with Crippen molar-refractivity contribution in [2.24, 2.45) is 0 Å². The highest BCUT2D eigenvalue weighted by molar-refractivity contribution is 5.96. The summed E-state index contributed by atoms with van der Waals surface area (Å²) in [5.41, 5.74) is 6.58. The highest BCUT2D eigenvalue weighted by Gasteiger charge is 2.39. The van der Waals surface area contributed by atoms with Gasteiger partial charge in [-0.1, -0.05) is 13.0 Å². The van der Waals surface area contributed by atoms with Gasteiger partial charge in [0.05, 0.1) is 0 Å². The second-order valence-electron chi connectivity index (χ2n) is 9.73. The molecule has 0 radical (unpaired) electrons. The number of carbonyl (C=O) groups excluding carboxylic acids is 1. The van der Waals surface area contributed by atoms with E-state index in [0.29, 0.717) is 37.9 Å². The molecule has 1 fully saturated rings. The van der Waals surface area contributed by atoms with E-state index in [-0.39, 0.29) is 18.1 Å². The van der Waals surface area contributed by atoms with E-state index in [0.717, 1.165) is 42.5 Å². The van der Waals surface area contributed by atoms with Gasteiger partial charge in [0.15, 0.2) is 17.4 Å². The number of halogens is 2. The predicted octanol–water partition coefficient (Wildman–Crippen LogP) is 5.00. The highest BCUT2D eigenvalue weighted by Crippen LogP contribution is 2.38. The minimum absolute atomic E-state index is 0.00446. The third-order valence-corrected chi connectivity index (χ3v) is 7.23. The Morgan fingerprint density at radius 3 is 2.51 bits per heavy atom. The number of piperidine rings is 1. The average molecular weight is 534 g/mol. The molecular weight excluding hydrogens is 500 g/mol. The molecule has 1 aromatic carbocycles. The Labute approximate surface area is 227 Å². The first-order valence-electron chi connectivity index (χ1n) is 13.1. The number of ether oxygens (including phenoxy) is 1. The molecule has 1 saturated heterocycles. The van der Waals surface area contributed by atoms with Gasteiger partial charge in [0.2, 0.25) is 0 Å². The van der Waals surface area contributed by atoms with Gasteiger partial charge in [-0.25, -0.2) is 18.7 Å². The molecule has 204 valence electrons. The first-order valence-corrected chi connectivity index (χ1v) is 13.1. The lowest BCUT2D eigenvalue weighted by atomic mass is 9.72. The zero-order valence-electron chi connectivity index (χ0n) is 22.1. The van der Waals surface area contributed by atoms with Gasteiger partial charge in [-0.05, 0) is 62.0 Å². The number of likely N-dealkylation sites (tertiary alicyclic amines) is 1. The van der Waals surface area contributed by atoms with Crippen molar-refractivity contribution in [3.8, 4) is 12.3 Å². The second-order valence-corrected chi connectivity index (χ2v) is 9.73. The van der Waals surface area contributed by atoms with Crippen LogP contribution in [0.3, 0.4) is 0 Å². The maximum Gasteiger partial charge on any atom is 0.273 e. The number of nitrogen functional groups attached to an aromatic ring is 1. The molecule has 2 heterocycles. The van der Waals surface area contributed by atoms with Crippen LogP contribution in [0.4, 0.5) is 14.6 Å². The molecule has 4 rings (SSSR count). The Balaban J connectivity index is 1.61. The zero-order chi connectivity index (χ0) is 27.8. The zero-order valence-corrected chi connectivity index (χ0v) is 22.1. The summed E-state index contributed by atoms with van der Waals surface area (Å²) < 4.78 is 35.1. The number of nitrogens with zero attached hydrogens (tertiary/aromatic N) is 3. The summed E-state index contributed by atoms with van der Waals surface area (Å²) in [6, 6.07) is 3.52. The first-order chi connectivity index (χ1) is 18.8.